The molecule has 18 heavy (non-hydrogen) atoms. The predicted molar refractivity (Wildman–Crippen MR) is 83.2 cm³/mol. The first kappa shape index (κ1) is 13.8. The second-order valence-corrected chi connectivity index (χ2v) is 6.34. The van der Waals surface area contributed by atoms with Crippen molar-refractivity contribution in [2.45, 2.75) is 24.6 Å². The fraction of sp³-hybridized carbons (Fsp3) is 0.267. The van der Waals surface area contributed by atoms with E-state index in [-0.39, 0.29) is 4.83 Å². The van der Waals surface area contributed by atoms with Crippen LogP contribution < -0.4 is 0 Å². The number of halogens is 2. The Morgan fingerprint density at radius 3 is 2.39 bits per heavy atom. The highest BCUT2D eigenvalue weighted by Crippen LogP contribution is 2.40. The zero-order valence-corrected chi connectivity index (χ0v) is 13.6. The molecule has 0 saturated heterocycles. The van der Waals surface area contributed by atoms with Crippen LogP contribution in [0.4, 0.5) is 0 Å². The Morgan fingerprint density at radius 1 is 1.11 bits per heavy atom. The Hall–Kier alpha value is -0.670. The first-order valence-corrected chi connectivity index (χ1v) is 7.60. The second kappa shape index (κ2) is 5.98. The van der Waals surface area contributed by atoms with E-state index in [0.717, 1.165) is 4.47 Å². The quantitative estimate of drug-likeness (QED) is 0.661. The average Bonchev–Trinajstić information content (AvgIpc) is 2.38. The maximum Gasteiger partial charge on any atom is 0.0472 e. The molecule has 0 aliphatic rings. The fourth-order valence-corrected chi connectivity index (χ4v) is 3.71. The zero-order valence-electron chi connectivity index (χ0n) is 10.4. The summed E-state index contributed by atoms with van der Waals surface area (Å²) in [5.41, 5.74) is 3.84. The lowest BCUT2D eigenvalue weighted by molar-refractivity contribution is 0.747. The first-order valence-electron chi connectivity index (χ1n) is 5.89. The van der Waals surface area contributed by atoms with Crippen LogP contribution in [0.1, 0.15) is 34.4 Å². The van der Waals surface area contributed by atoms with Gasteiger partial charge >= 0.3 is 0 Å². The van der Waals surface area contributed by atoms with Gasteiger partial charge in [-0.25, -0.2) is 0 Å². The third-order valence-electron chi connectivity index (χ3n) is 3.12. The van der Waals surface area contributed by atoms with Crippen molar-refractivity contribution >= 4 is 31.9 Å². The summed E-state index contributed by atoms with van der Waals surface area (Å²) in [6.07, 6.45) is 3.69. The standard InChI is InChI=1S/C15H15Br2N/c1-10-3-4-13(14(16)9-10)15(17)11(2)12-5-7-18-8-6-12/h3-9,11,15H,1-2H3. The molecule has 0 aliphatic carbocycles. The van der Waals surface area contributed by atoms with Crippen LogP contribution in [0, 0.1) is 6.92 Å². The largest absolute Gasteiger partial charge is 0.265 e. The molecule has 0 fully saturated rings. The van der Waals surface area contributed by atoms with E-state index in [4.69, 9.17) is 0 Å². The molecular formula is C15H15Br2N. The Kier molecular flexibility index (Phi) is 4.57. The molecule has 0 radical (unpaired) electrons. The summed E-state index contributed by atoms with van der Waals surface area (Å²) in [6, 6.07) is 10.6. The van der Waals surface area contributed by atoms with Gasteiger partial charge in [-0.1, -0.05) is 50.9 Å². The summed E-state index contributed by atoms with van der Waals surface area (Å²) < 4.78 is 1.16. The van der Waals surface area contributed by atoms with Crippen LogP contribution >= 0.6 is 31.9 Å². The number of benzene rings is 1. The van der Waals surface area contributed by atoms with Gasteiger partial charge in [-0.3, -0.25) is 4.98 Å². The van der Waals surface area contributed by atoms with Crippen LogP contribution in [0.3, 0.4) is 0 Å². The van der Waals surface area contributed by atoms with Crippen molar-refractivity contribution < 1.29 is 0 Å². The van der Waals surface area contributed by atoms with E-state index in [1.165, 1.54) is 16.7 Å². The summed E-state index contributed by atoms with van der Waals surface area (Å²) in [6.45, 7) is 4.32. The number of alkyl halides is 1. The molecule has 2 aromatic rings. The second-order valence-electron chi connectivity index (χ2n) is 4.50. The van der Waals surface area contributed by atoms with Gasteiger partial charge in [-0.05, 0) is 47.7 Å². The molecule has 0 spiro atoms. The Balaban J connectivity index is 2.28. The highest BCUT2D eigenvalue weighted by molar-refractivity contribution is 9.11. The van der Waals surface area contributed by atoms with Gasteiger partial charge in [0.2, 0.25) is 0 Å². The van der Waals surface area contributed by atoms with Gasteiger partial charge in [0.05, 0.1) is 0 Å². The van der Waals surface area contributed by atoms with E-state index in [0.29, 0.717) is 5.92 Å². The smallest absolute Gasteiger partial charge is 0.0472 e. The molecule has 94 valence electrons. The summed E-state index contributed by atoms with van der Waals surface area (Å²) >= 11 is 7.46. The number of nitrogens with zero attached hydrogens (tertiary/aromatic N) is 1. The minimum absolute atomic E-state index is 0.287. The van der Waals surface area contributed by atoms with Crippen molar-refractivity contribution in [2.24, 2.45) is 0 Å². The Bertz CT molecular complexity index is 525. The average molecular weight is 369 g/mol. The lowest BCUT2D eigenvalue weighted by Gasteiger charge is -2.20. The maximum atomic E-state index is 4.06. The third-order valence-corrected chi connectivity index (χ3v) is 5.10. The molecule has 1 aromatic heterocycles. The van der Waals surface area contributed by atoms with Crippen molar-refractivity contribution in [1.82, 2.24) is 4.98 Å². The van der Waals surface area contributed by atoms with Gasteiger partial charge in [0, 0.05) is 21.7 Å². The zero-order chi connectivity index (χ0) is 13.1. The van der Waals surface area contributed by atoms with E-state index in [2.05, 4.69) is 81.0 Å². The summed E-state index contributed by atoms with van der Waals surface area (Å²) in [5.74, 6) is 0.395. The molecule has 2 rings (SSSR count). The van der Waals surface area contributed by atoms with Crippen molar-refractivity contribution in [3.63, 3.8) is 0 Å². The van der Waals surface area contributed by atoms with Crippen LogP contribution in [0.5, 0.6) is 0 Å². The Labute approximate surface area is 125 Å². The predicted octanol–water partition coefficient (Wildman–Crippen LogP) is 5.39. The summed E-state index contributed by atoms with van der Waals surface area (Å²) in [4.78, 5) is 4.35. The molecule has 2 atom stereocenters. The van der Waals surface area contributed by atoms with Crippen molar-refractivity contribution in [1.29, 1.82) is 0 Å². The van der Waals surface area contributed by atoms with Gasteiger partial charge in [0.1, 0.15) is 0 Å². The van der Waals surface area contributed by atoms with Gasteiger partial charge in [-0.15, -0.1) is 0 Å². The number of rotatable bonds is 3. The minimum Gasteiger partial charge on any atom is -0.265 e. The van der Waals surface area contributed by atoms with Crippen LogP contribution in [-0.4, -0.2) is 4.98 Å². The highest BCUT2D eigenvalue weighted by atomic mass is 79.9. The van der Waals surface area contributed by atoms with Gasteiger partial charge in [0.15, 0.2) is 0 Å². The normalized spacial score (nSPS) is 14.2. The van der Waals surface area contributed by atoms with Crippen molar-refractivity contribution in [2.75, 3.05) is 0 Å². The number of pyridine rings is 1. The maximum absolute atomic E-state index is 4.06. The Morgan fingerprint density at radius 2 is 1.78 bits per heavy atom. The van der Waals surface area contributed by atoms with Crippen LogP contribution in [-0.2, 0) is 0 Å². The molecule has 0 saturated carbocycles. The molecule has 0 aliphatic heterocycles. The third kappa shape index (κ3) is 3.01. The van der Waals surface area contributed by atoms with Crippen molar-refractivity contribution in [3.05, 3.63) is 63.9 Å². The van der Waals surface area contributed by atoms with Crippen LogP contribution in [0.25, 0.3) is 0 Å². The lowest BCUT2D eigenvalue weighted by atomic mass is 9.94. The SMILES string of the molecule is Cc1ccc(C(Br)C(C)c2ccncc2)c(Br)c1. The summed E-state index contributed by atoms with van der Waals surface area (Å²) in [5, 5.41) is 0. The van der Waals surface area contributed by atoms with Crippen molar-refractivity contribution in [3.8, 4) is 0 Å². The monoisotopic (exact) mass is 367 g/mol. The van der Waals surface area contributed by atoms with E-state index in [1.807, 2.05) is 12.4 Å². The molecule has 1 aromatic carbocycles. The van der Waals surface area contributed by atoms with E-state index in [9.17, 15) is 0 Å². The molecule has 0 N–H and O–H groups in total. The first-order chi connectivity index (χ1) is 8.59. The number of aromatic nitrogens is 1. The van der Waals surface area contributed by atoms with E-state index in [1.54, 1.807) is 0 Å². The number of hydrogen-bond donors (Lipinski definition) is 0. The molecule has 1 heterocycles. The highest BCUT2D eigenvalue weighted by Gasteiger charge is 2.19. The van der Waals surface area contributed by atoms with Gasteiger partial charge in [0.25, 0.3) is 0 Å². The summed E-state index contributed by atoms with van der Waals surface area (Å²) in [7, 11) is 0. The number of aryl methyl sites for hydroxylation is 1. The van der Waals surface area contributed by atoms with Gasteiger partial charge < -0.3 is 0 Å². The van der Waals surface area contributed by atoms with E-state index < -0.39 is 0 Å². The molecule has 3 heteroatoms. The topological polar surface area (TPSA) is 12.9 Å². The van der Waals surface area contributed by atoms with Gasteiger partial charge in [-0.2, -0.15) is 0 Å². The molecule has 0 amide bonds. The lowest BCUT2D eigenvalue weighted by Crippen LogP contribution is -2.03. The van der Waals surface area contributed by atoms with Crippen LogP contribution in [0.15, 0.2) is 47.2 Å². The fourth-order valence-electron chi connectivity index (χ4n) is 1.96. The molecule has 2 unspecified atom stereocenters. The van der Waals surface area contributed by atoms with E-state index >= 15 is 0 Å². The molecule has 0 bridgehead atoms. The molecular weight excluding hydrogens is 354 g/mol. The molecule has 1 nitrogen and oxygen atoms in total. The van der Waals surface area contributed by atoms with Crippen LogP contribution in [0.2, 0.25) is 0 Å². The number of hydrogen-bond acceptors (Lipinski definition) is 1. The minimum atomic E-state index is 0.287.